The Bertz CT molecular complexity index is 510. The highest BCUT2D eigenvalue weighted by molar-refractivity contribution is 6.05. The van der Waals surface area contributed by atoms with Gasteiger partial charge in [0.25, 0.3) is 0 Å². The van der Waals surface area contributed by atoms with Gasteiger partial charge >= 0.3 is 0 Å². The van der Waals surface area contributed by atoms with Crippen LogP contribution in [0, 0.1) is 12.8 Å². The molecule has 1 amide bonds. The first-order valence-corrected chi connectivity index (χ1v) is 6.53. The molecule has 0 spiro atoms. The Labute approximate surface area is 113 Å². The minimum atomic E-state index is -0.139. The molecule has 0 aromatic heterocycles. The third kappa shape index (κ3) is 2.84. The van der Waals surface area contributed by atoms with Crippen molar-refractivity contribution in [1.82, 2.24) is 0 Å². The van der Waals surface area contributed by atoms with Crippen molar-refractivity contribution >= 4 is 17.4 Å². The minimum absolute atomic E-state index is 0.0379. The molecule has 19 heavy (non-hydrogen) atoms. The summed E-state index contributed by atoms with van der Waals surface area (Å²) in [5.41, 5.74) is 2.06. The molecule has 0 saturated carbocycles. The summed E-state index contributed by atoms with van der Waals surface area (Å²) in [5.74, 6) is -0.248. The third-order valence-electron chi connectivity index (χ3n) is 3.60. The predicted molar refractivity (Wildman–Crippen MR) is 73.3 cm³/mol. The maximum atomic E-state index is 12.2. The Morgan fingerprint density at radius 2 is 2.11 bits per heavy atom. The van der Waals surface area contributed by atoms with Gasteiger partial charge in [-0.05, 0) is 38.8 Å². The Morgan fingerprint density at radius 3 is 2.68 bits per heavy atom. The van der Waals surface area contributed by atoms with Crippen LogP contribution in [0.2, 0.25) is 0 Å². The van der Waals surface area contributed by atoms with E-state index in [-0.39, 0.29) is 23.7 Å². The van der Waals surface area contributed by atoms with E-state index in [9.17, 15) is 9.59 Å². The number of aryl methyl sites for hydroxylation is 1. The van der Waals surface area contributed by atoms with Crippen LogP contribution in [0.15, 0.2) is 18.2 Å². The van der Waals surface area contributed by atoms with Gasteiger partial charge in [-0.1, -0.05) is 12.1 Å². The van der Waals surface area contributed by atoms with E-state index in [4.69, 9.17) is 4.74 Å². The maximum absolute atomic E-state index is 12.2. The van der Waals surface area contributed by atoms with Gasteiger partial charge in [0.1, 0.15) is 0 Å². The summed E-state index contributed by atoms with van der Waals surface area (Å²) < 4.78 is 5.40. The second-order valence-electron chi connectivity index (χ2n) is 5.01. The van der Waals surface area contributed by atoms with Crippen molar-refractivity contribution < 1.29 is 14.3 Å². The summed E-state index contributed by atoms with van der Waals surface area (Å²) in [6, 6.07) is 5.47. The van der Waals surface area contributed by atoms with Crippen molar-refractivity contribution in [2.24, 2.45) is 5.92 Å². The molecule has 1 aromatic rings. The number of nitrogens with one attached hydrogen (secondary N) is 1. The lowest BCUT2D eigenvalue weighted by molar-refractivity contribution is -0.121. The molecule has 2 atom stereocenters. The third-order valence-corrected chi connectivity index (χ3v) is 3.60. The van der Waals surface area contributed by atoms with Crippen LogP contribution in [0.3, 0.4) is 0 Å². The molecule has 2 rings (SSSR count). The first-order valence-electron chi connectivity index (χ1n) is 6.53. The number of carbonyl (C=O) groups is 2. The molecule has 1 fully saturated rings. The number of Topliss-reactive ketones (excluding diaryl/α,β-unsaturated/α-hetero) is 1. The molecule has 4 heteroatoms. The lowest BCUT2D eigenvalue weighted by atomic mass is 9.99. The summed E-state index contributed by atoms with van der Waals surface area (Å²) in [4.78, 5) is 23.9. The topological polar surface area (TPSA) is 55.4 Å². The summed E-state index contributed by atoms with van der Waals surface area (Å²) in [5, 5.41) is 2.87. The van der Waals surface area contributed by atoms with Crippen molar-refractivity contribution in [2.45, 2.75) is 33.3 Å². The molecule has 102 valence electrons. The lowest BCUT2D eigenvalue weighted by Crippen LogP contribution is -2.28. The highest BCUT2D eigenvalue weighted by atomic mass is 16.5. The zero-order valence-electron chi connectivity index (χ0n) is 11.5. The number of ether oxygens (including phenoxy) is 1. The molecule has 4 nitrogen and oxygen atoms in total. The van der Waals surface area contributed by atoms with Crippen LogP contribution in [-0.2, 0) is 9.53 Å². The molecule has 1 saturated heterocycles. The lowest BCUT2D eigenvalue weighted by Gasteiger charge is -2.16. The number of anilines is 1. The van der Waals surface area contributed by atoms with Crippen LogP contribution >= 0.6 is 0 Å². The van der Waals surface area contributed by atoms with Crippen molar-refractivity contribution in [1.29, 1.82) is 0 Å². The van der Waals surface area contributed by atoms with Crippen molar-refractivity contribution in [2.75, 3.05) is 11.9 Å². The fourth-order valence-corrected chi connectivity index (χ4v) is 2.54. The second kappa shape index (κ2) is 5.53. The Morgan fingerprint density at radius 1 is 1.37 bits per heavy atom. The number of rotatable bonds is 3. The fourth-order valence-electron chi connectivity index (χ4n) is 2.54. The van der Waals surface area contributed by atoms with Crippen LogP contribution in [-0.4, -0.2) is 24.4 Å². The molecule has 1 aliphatic rings. The van der Waals surface area contributed by atoms with Gasteiger partial charge in [0.05, 0.1) is 17.7 Å². The molecule has 0 aliphatic carbocycles. The minimum Gasteiger partial charge on any atom is -0.378 e. The summed E-state index contributed by atoms with van der Waals surface area (Å²) in [6.45, 7) is 5.90. The monoisotopic (exact) mass is 261 g/mol. The first-order chi connectivity index (χ1) is 9.00. The van der Waals surface area contributed by atoms with E-state index in [1.807, 2.05) is 26.0 Å². The van der Waals surface area contributed by atoms with E-state index in [0.29, 0.717) is 17.9 Å². The van der Waals surface area contributed by atoms with Gasteiger partial charge in [0.2, 0.25) is 5.91 Å². The SMILES string of the molecule is CC(=O)c1c(C)cccc1NC(=O)[C@H]1CCO[C@@H]1C. The van der Waals surface area contributed by atoms with E-state index in [1.54, 1.807) is 6.07 Å². The average Bonchev–Trinajstić information content (AvgIpc) is 2.75. The molecule has 0 unspecified atom stereocenters. The summed E-state index contributed by atoms with van der Waals surface area (Å²) in [6.07, 6.45) is 0.666. The van der Waals surface area contributed by atoms with E-state index < -0.39 is 0 Å². The standard InChI is InChI=1S/C15H19NO3/c1-9-5-4-6-13(14(9)10(2)17)16-15(18)12-7-8-19-11(12)3/h4-6,11-12H,7-8H2,1-3H3,(H,16,18)/t11-,12+/m1/s1. The van der Waals surface area contributed by atoms with Crippen LogP contribution < -0.4 is 5.32 Å². The zero-order valence-corrected chi connectivity index (χ0v) is 11.5. The highest BCUT2D eigenvalue weighted by Crippen LogP contribution is 2.25. The zero-order chi connectivity index (χ0) is 14.0. The number of benzene rings is 1. The van der Waals surface area contributed by atoms with Crippen LogP contribution in [0.1, 0.15) is 36.2 Å². The van der Waals surface area contributed by atoms with Gasteiger partial charge in [-0.15, -0.1) is 0 Å². The van der Waals surface area contributed by atoms with E-state index in [1.165, 1.54) is 6.92 Å². The average molecular weight is 261 g/mol. The van der Waals surface area contributed by atoms with Crippen molar-refractivity contribution in [3.63, 3.8) is 0 Å². The van der Waals surface area contributed by atoms with E-state index in [0.717, 1.165) is 12.0 Å². The molecular formula is C15H19NO3. The molecule has 1 N–H and O–H groups in total. The number of amides is 1. The normalized spacial score (nSPS) is 22.3. The van der Waals surface area contributed by atoms with Crippen LogP contribution in [0.5, 0.6) is 0 Å². The Balaban J connectivity index is 2.21. The Hall–Kier alpha value is -1.68. The van der Waals surface area contributed by atoms with E-state index >= 15 is 0 Å². The number of ketones is 1. The molecule has 1 aromatic carbocycles. The highest BCUT2D eigenvalue weighted by Gasteiger charge is 2.31. The van der Waals surface area contributed by atoms with Gasteiger partial charge in [-0.25, -0.2) is 0 Å². The number of carbonyl (C=O) groups excluding carboxylic acids is 2. The smallest absolute Gasteiger partial charge is 0.230 e. The van der Waals surface area contributed by atoms with Gasteiger partial charge in [0, 0.05) is 12.2 Å². The Kier molecular flexibility index (Phi) is 4.00. The van der Waals surface area contributed by atoms with Crippen LogP contribution in [0.4, 0.5) is 5.69 Å². The molecular weight excluding hydrogens is 242 g/mol. The van der Waals surface area contributed by atoms with Gasteiger partial charge in [-0.3, -0.25) is 9.59 Å². The van der Waals surface area contributed by atoms with Gasteiger partial charge < -0.3 is 10.1 Å². The summed E-state index contributed by atoms with van der Waals surface area (Å²) in [7, 11) is 0. The quantitative estimate of drug-likeness (QED) is 0.851. The van der Waals surface area contributed by atoms with E-state index in [2.05, 4.69) is 5.32 Å². The second-order valence-corrected chi connectivity index (χ2v) is 5.01. The largest absolute Gasteiger partial charge is 0.378 e. The first kappa shape index (κ1) is 13.7. The molecule has 0 radical (unpaired) electrons. The number of hydrogen-bond donors (Lipinski definition) is 1. The number of hydrogen-bond acceptors (Lipinski definition) is 3. The molecule has 0 bridgehead atoms. The predicted octanol–water partition coefficient (Wildman–Crippen LogP) is 2.56. The summed E-state index contributed by atoms with van der Waals surface area (Å²) >= 11 is 0. The maximum Gasteiger partial charge on any atom is 0.230 e. The fraction of sp³-hybridized carbons (Fsp3) is 0.467. The van der Waals surface area contributed by atoms with Crippen molar-refractivity contribution in [3.8, 4) is 0 Å². The molecule has 1 heterocycles. The van der Waals surface area contributed by atoms with Gasteiger partial charge in [-0.2, -0.15) is 0 Å². The van der Waals surface area contributed by atoms with Crippen LogP contribution in [0.25, 0.3) is 0 Å². The van der Waals surface area contributed by atoms with Crippen molar-refractivity contribution in [3.05, 3.63) is 29.3 Å². The van der Waals surface area contributed by atoms with Gasteiger partial charge in [0.15, 0.2) is 5.78 Å². The molecule has 1 aliphatic heterocycles.